The van der Waals surface area contributed by atoms with Gasteiger partial charge in [-0.3, -0.25) is 11.3 Å². The Kier molecular flexibility index (Phi) is 6.09. The van der Waals surface area contributed by atoms with Crippen LogP contribution in [0.5, 0.6) is 0 Å². The fourth-order valence-corrected chi connectivity index (χ4v) is 3.11. The molecule has 0 radical (unpaired) electrons. The largest absolute Gasteiger partial charge is 0.302 e. The van der Waals surface area contributed by atoms with Crippen molar-refractivity contribution in [2.75, 3.05) is 14.1 Å². The Bertz CT molecular complexity index is 417. The zero-order chi connectivity index (χ0) is 14.6. The van der Waals surface area contributed by atoms with Gasteiger partial charge in [0, 0.05) is 5.54 Å². The molecule has 0 heterocycles. The molecule has 0 aromatic heterocycles. The lowest BCUT2D eigenvalue weighted by Crippen LogP contribution is -2.54. The second-order valence-corrected chi connectivity index (χ2v) is 5.79. The van der Waals surface area contributed by atoms with Crippen molar-refractivity contribution in [1.29, 1.82) is 0 Å². The van der Waals surface area contributed by atoms with Crippen LogP contribution in [0, 0.1) is 0 Å². The van der Waals surface area contributed by atoms with E-state index in [0.29, 0.717) is 10.0 Å². The van der Waals surface area contributed by atoms with Gasteiger partial charge in [0.25, 0.3) is 0 Å². The summed E-state index contributed by atoms with van der Waals surface area (Å²) in [6.45, 7) is 4.34. The first kappa shape index (κ1) is 16.7. The van der Waals surface area contributed by atoms with Gasteiger partial charge in [-0.05, 0) is 44.6 Å². The van der Waals surface area contributed by atoms with E-state index in [-0.39, 0.29) is 11.6 Å². The zero-order valence-corrected chi connectivity index (χ0v) is 13.5. The maximum Gasteiger partial charge on any atom is 0.0644 e. The number of likely N-dealkylation sites (N-methyl/N-ethyl adjacent to an activating group) is 1. The predicted octanol–water partition coefficient (Wildman–Crippen LogP) is 3.62. The summed E-state index contributed by atoms with van der Waals surface area (Å²) in [6.07, 6.45) is 1.96. The molecule has 0 aliphatic carbocycles. The SMILES string of the molecule is CCC(CC)(C(NN)c1ccc(Cl)c(Cl)c1)N(C)C. The second-order valence-electron chi connectivity index (χ2n) is 4.98. The normalized spacial score (nSPS) is 13.9. The molecule has 0 saturated heterocycles. The lowest BCUT2D eigenvalue weighted by atomic mass is 9.80. The maximum absolute atomic E-state index is 6.12. The minimum atomic E-state index is -0.0636. The van der Waals surface area contributed by atoms with Crippen LogP contribution in [-0.4, -0.2) is 24.5 Å². The number of nitrogens with one attached hydrogen (secondary N) is 1. The van der Waals surface area contributed by atoms with E-state index in [2.05, 4.69) is 38.3 Å². The fourth-order valence-electron chi connectivity index (χ4n) is 2.80. The van der Waals surface area contributed by atoms with E-state index in [9.17, 15) is 0 Å². The van der Waals surface area contributed by atoms with Crippen molar-refractivity contribution in [3.8, 4) is 0 Å². The first-order chi connectivity index (χ1) is 8.92. The Labute approximate surface area is 126 Å². The monoisotopic (exact) mass is 303 g/mol. The predicted molar refractivity (Wildman–Crippen MR) is 83.5 cm³/mol. The molecule has 3 N–H and O–H groups in total. The van der Waals surface area contributed by atoms with Gasteiger partial charge in [0.15, 0.2) is 0 Å². The van der Waals surface area contributed by atoms with E-state index in [1.54, 1.807) is 0 Å². The molecular formula is C14H23Cl2N3. The summed E-state index contributed by atoms with van der Waals surface area (Å²) in [5.74, 6) is 5.82. The van der Waals surface area contributed by atoms with Crippen molar-refractivity contribution in [2.24, 2.45) is 5.84 Å². The van der Waals surface area contributed by atoms with Gasteiger partial charge in [0.05, 0.1) is 16.1 Å². The standard InChI is InChI=1S/C14H23Cl2N3/c1-5-14(6-2,19(3)4)13(18-17)10-7-8-11(15)12(16)9-10/h7-9,13,18H,5-6,17H2,1-4H3. The lowest BCUT2D eigenvalue weighted by Gasteiger charge is -2.45. The van der Waals surface area contributed by atoms with Gasteiger partial charge in [-0.25, -0.2) is 0 Å². The quantitative estimate of drug-likeness (QED) is 0.623. The Hall–Kier alpha value is -0.320. The summed E-state index contributed by atoms with van der Waals surface area (Å²) < 4.78 is 0. The van der Waals surface area contributed by atoms with Crippen molar-refractivity contribution in [1.82, 2.24) is 10.3 Å². The van der Waals surface area contributed by atoms with Crippen LogP contribution in [0.2, 0.25) is 10.0 Å². The van der Waals surface area contributed by atoms with Crippen LogP contribution in [0.4, 0.5) is 0 Å². The van der Waals surface area contributed by atoms with Crippen molar-refractivity contribution in [3.05, 3.63) is 33.8 Å². The highest BCUT2D eigenvalue weighted by atomic mass is 35.5. The van der Waals surface area contributed by atoms with Crippen LogP contribution in [0.3, 0.4) is 0 Å². The molecular weight excluding hydrogens is 281 g/mol. The average molecular weight is 304 g/mol. The van der Waals surface area contributed by atoms with Crippen LogP contribution in [0.1, 0.15) is 38.3 Å². The Morgan fingerprint density at radius 3 is 2.16 bits per heavy atom. The van der Waals surface area contributed by atoms with E-state index >= 15 is 0 Å². The van der Waals surface area contributed by atoms with E-state index in [1.165, 1.54) is 0 Å². The van der Waals surface area contributed by atoms with Crippen molar-refractivity contribution in [3.63, 3.8) is 0 Å². The van der Waals surface area contributed by atoms with Crippen molar-refractivity contribution in [2.45, 2.75) is 38.3 Å². The van der Waals surface area contributed by atoms with Crippen molar-refractivity contribution < 1.29 is 0 Å². The molecule has 1 aromatic rings. The second kappa shape index (κ2) is 6.91. The summed E-state index contributed by atoms with van der Waals surface area (Å²) >= 11 is 12.1. The molecule has 108 valence electrons. The van der Waals surface area contributed by atoms with E-state index in [1.807, 2.05) is 18.2 Å². The third kappa shape index (κ3) is 3.23. The number of hydrogen-bond acceptors (Lipinski definition) is 3. The summed E-state index contributed by atoms with van der Waals surface area (Å²) in [4.78, 5) is 2.22. The molecule has 1 unspecified atom stereocenters. The van der Waals surface area contributed by atoms with Gasteiger partial charge in [-0.2, -0.15) is 0 Å². The number of nitrogens with zero attached hydrogens (tertiary/aromatic N) is 1. The molecule has 1 rings (SSSR count). The van der Waals surface area contributed by atoms with Gasteiger partial charge in [0.2, 0.25) is 0 Å². The molecule has 0 bridgehead atoms. The summed E-state index contributed by atoms with van der Waals surface area (Å²) in [5, 5.41) is 1.11. The number of benzene rings is 1. The number of halogens is 2. The highest BCUT2D eigenvalue weighted by molar-refractivity contribution is 6.42. The number of rotatable bonds is 6. The summed E-state index contributed by atoms with van der Waals surface area (Å²) in [7, 11) is 4.16. The van der Waals surface area contributed by atoms with Crippen LogP contribution in [-0.2, 0) is 0 Å². The molecule has 0 aliphatic heterocycles. The van der Waals surface area contributed by atoms with Gasteiger partial charge in [-0.1, -0.05) is 43.1 Å². The first-order valence-corrected chi connectivity index (χ1v) is 7.27. The topological polar surface area (TPSA) is 41.3 Å². The van der Waals surface area contributed by atoms with Crippen LogP contribution >= 0.6 is 23.2 Å². The number of nitrogens with two attached hydrogens (primary N) is 1. The number of hydrogen-bond donors (Lipinski definition) is 2. The Morgan fingerprint density at radius 2 is 1.79 bits per heavy atom. The van der Waals surface area contributed by atoms with E-state index < -0.39 is 0 Å². The Balaban J connectivity index is 3.27. The molecule has 0 aliphatic rings. The Morgan fingerprint density at radius 1 is 1.21 bits per heavy atom. The fraction of sp³-hybridized carbons (Fsp3) is 0.571. The molecule has 3 nitrogen and oxygen atoms in total. The lowest BCUT2D eigenvalue weighted by molar-refractivity contribution is 0.0882. The van der Waals surface area contributed by atoms with Gasteiger partial charge in [0.1, 0.15) is 0 Å². The summed E-state index contributed by atoms with van der Waals surface area (Å²) in [6, 6.07) is 5.67. The maximum atomic E-state index is 6.12. The van der Waals surface area contributed by atoms with Crippen LogP contribution < -0.4 is 11.3 Å². The molecule has 0 saturated carbocycles. The molecule has 0 amide bonds. The highest BCUT2D eigenvalue weighted by Gasteiger charge is 2.38. The van der Waals surface area contributed by atoms with E-state index in [4.69, 9.17) is 29.0 Å². The third-order valence-corrected chi connectivity index (χ3v) is 4.84. The van der Waals surface area contributed by atoms with Crippen LogP contribution in [0.15, 0.2) is 18.2 Å². The van der Waals surface area contributed by atoms with Crippen molar-refractivity contribution >= 4 is 23.2 Å². The van der Waals surface area contributed by atoms with Gasteiger partial charge < -0.3 is 4.90 Å². The molecule has 1 atom stereocenters. The minimum absolute atomic E-state index is 0.00716. The van der Waals surface area contributed by atoms with Crippen LogP contribution in [0.25, 0.3) is 0 Å². The molecule has 5 heteroatoms. The highest BCUT2D eigenvalue weighted by Crippen LogP contribution is 2.37. The first-order valence-electron chi connectivity index (χ1n) is 6.51. The van der Waals surface area contributed by atoms with E-state index in [0.717, 1.165) is 18.4 Å². The number of hydrazine groups is 1. The smallest absolute Gasteiger partial charge is 0.0644 e. The summed E-state index contributed by atoms with van der Waals surface area (Å²) in [5.41, 5.74) is 3.93. The zero-order valence-electron chi connectivity index (χ0n) is 12.0. The molecule has 19 heavy (non-hydrogen) atoms. The molecule has 0 fully saturated rings. The van der Waals surface area contributed by atoms with Gasteiger partial charge >= 0.3 is 0 Å². The van der Waals surface area contributed by atoms with Gasteiger partial charge in [-0.15, -0.1) is 0 Å². The third-order valence-electron chi connectivity index (χ3n) is 4.10. The average Bonchev–Trinajstić information content (AvgIpc) is 2.39. The minimum Gasteiger partial charge on any atom is -0.302 e. The molecule has 0 spiro atoms. The molecule has 1 aromatic carbocycles.